The van der Waals surface area contributed by atoms with Gasteiger partial charge in [-0.05, 0) is 24.0 Å². The Labute approximate surface area is 272 Å². The lowest BCUT2D eigenvalue weighted by molar-refractivity contribution is -0.154. The first-order valence-corrected chi connectivity index (χ1v) is 15.9. The molecule has 3 aliphatic heterocycles. The maximum atomic E-state index is 13.5. The number of amides is 1. The van der Waals surface area contributed by atoms with Gasteiger partial charge in [-0.15, -0.1) is 0 Å². The molecule has 3 saturated heterocycles. The number of carbonyl (C=O) groups excluding carboxylic acids is 1. The van der Waals surface area contributed by atoms with Crippen LogP contribution < -0.4 is 14.2 Å². The minimum atomic E-state index is -4.57. The topological polar surface area (TPSA) is 89.5 Å². The highest BCUT2D eigenvalue weighted by Crippen LogP contribution is 2.38. The normalized spacial score (nSPS) is 22.3. The minimum Gasteiger partial charge on any atom is -0.481 e. The summed E-state index contributed by atoms with van der Waals surface area (Å²) < 4.78 is 61.4. The lowest BCUT2D eigenvalue weighted by atomic mass is 9.81. The van der Waals surface area contributed by atoms with Crippen LogP contribution in [0.5, 0.6) is 17.8 Å². The van der Waals surface area contributed by atoms with E-state index in [-0.39, 0.29) is 48.2 Å². The van der Waals surface area contributed by atoms with E-state index in [9.17, 15) is 18.0 Å². The number of hydrogen-bond donors (Lipinski definition) is 0. The maximum Gasteiger partial charge on any atom is 0.422 e. The number of hydrogen-bond acceptors (Lipinski definition) is 9. The third-order valence-corrected chi connectivity index (χ3v) is 9.13. The number of nitrogens with zero attached hydrogens (tertiary/aromatic N) is 5. The number of rotatable bonds is 10. The Morgan fingerprint density at radius 3 is 2.21 bits per heavy atom. The van der Waals surface area contributed by atoms with Crippen molar-refractivity contribution in [3.63, 3.8) is 0 Å². The van der Waals surface area contributed by atoms with Gasteiger partial charge in [0.1, 0.15) is 6.10 Å². The van der Waals surface area contributed by atoms with Crippen molar-refractivity contribution in [2.45, 2.75) is 49.7 Å². The van der Waals surface area contributed by atoms with E-state index >= 15 is 0 Å². The molecule has 0 aliphatic carbocycles. The fraction of sp³-hybridized carbons (Fsp3) is 0.500. The molecule has 47 heavy (non-hydrogen) atoms. The predicted octanol–water partition coefficient (Wildman–Crippen LogP) is 4.14. The first-order valence-electron chi connectivity index (χ1n) is 15.9. The molecule has 3 fully saturated rings. The summed E-state index contributed by atoms with van der Waals surface area (Å²) in [7, 11) is 2.72. The molecule has 3 atom stereocenters. The van der Waals surface area contributed by atoms with Crippen molar-refractivity contribution in [3.05, 3.63) is 77.4 Å². The molecular weight excluding hydrogens is 615 g/mol. The smallest absolute Gasteiger partial charge is 0.422 e. The summed E-state index contributed by atoms with van der Waals surface area (Å²) in [5.74, 6) is -0.161. The highest BCUT2D eigenvalue weighted by Gasteiger charge is 2.44. The molecule has 13 heteroatoms. The lowest BCUT2D eigenvalue weighted by Gasteiger charge is -2.53. The van der Waals surface area contributed by atoms with E-state index in [1.54, 1.807) is 0 Å². The van der Waals surface area contributed by atoms with Gasteiger partial charge in [-0.25, -0.2) is 0 Å². The van der Waals surface area contributed by atoms with E-state index in [0.29, 0.717) is 44.9 Å². The van der Waals surface area contributed by atoms with Gasteiger partial charge in [-0.1, -0.05) is 60.7 Å². The van der Waals surface area contributed by atoms with Gasteiger partial charge in [0, 0.05) is 63.9 Å². The monoisotopic (exact) mass is 655 g/mol. The van der Waals surface area contributed by atoms with Gasteiger partial charge in [0.25, 0.3) is 5.91 Å². The van der Waals surface area contributed by atoms with E-state index in [1.165, 1.54) is 14.2 Å². The quantitative estimate of drug-likeness (QED) is 0.320. The third kappa shape index (κ3) is 7.63. The zero-order valence-corrected chi connectivity index (χ0v) is 26.6. The summed E-state index contributed by atoms with van der Waals surface area (Å²) in [4.78, 5) is 28.5. The van der Waals surface area contributed by atoms with Crippen molar-refractivity contribution in [1.82, 2.24) is 24.7 Å². The number of piperazine rings is 2. The van der Waals surface area contributed by atoms with Crippen LogP contribution in [-0.2, 0) is 16.1 Å². The van der Waals surface area contributed by atoms with Crippen LogP contribution >= 0.6 is 0 Å². The highest BCUT2D eigenvalue weighted by atomic mass is 19.4. The van der Waals surface area contributed by atoms with Crippen LogP contribution in [0.3, 0.4) is 0 Å². The largest absolute Gasteiger partial charge is 0.481 e. The van der Waals surface area contributed by atoms with E-state index in [2.05, 4.69) is 44.0 Å². The van der Waals surface area contributed by atoms with Crippen LogP contribution in [0.2, 0.25) is 0 Å². The van der Waals surface area contributed by atoms with Crippen molar-refractivity contribution in [2.24, 2.45) is 0 Å². The van der Waals surface area contributed by atoms with Crippen LogP contribution in [0.1, 0.15) is 35.4 Å². The number of benzene rings is 2. The van der Waals surface area contributed by atoms with Crippen molar-refractivity contribution in [3.8, 4) is 17.8 Å². The third-order valence-electron chi connectivity index (χ3n) is 9.13. The van der Waals surface area contributed by atoms with Crippen molar-refractivity contribution in [2.75, 3.05) is 60.2 Å². The molecule has 2 aromatic carbocycles. The molecule has 0 N–H and O–H groups in total. The first-order chi connectivity index (χ1) is 22.7. The summed E-state index contributed by atoms with van der Waals surface area (Å²) in [6.07, 6.45) is -3.39. The van der Waals surface area contributed by atoms with Gasteiger partial charge in [0.05, 0.1) is 19.8 Å². The molecule has 252 valence electrons. The molecule has 10 nitrogen and oxygen atoms in total. The average molecular weight is 656 g/mol. The minimum absolute atomic E-state index is 0.0157. The maximum absolute atomic E-state index is 13.5. The molecule has 0 spiro atoms. The van der Waals surface area contributed by atoms with E-state index in [4.69, 9.17) is 18.9 Å². The van der Waals surface area contributed by atoms with Gasteiger partial charge in [0.15, 0.2) is 6.61 Å². The molecule has 0 bridgehead atoms. The van der Waals surface area contributed by atoms with Crippen molar-refractivity contribution < 1.29 is 36.9 Å². The standard InChI is InChI=1S/C34H40F3N5O5/c1-44-30-26(31(39-33(38-30)45-2)47-22-34(35,36)37)20-40-18-25-19-41(32(43)28-14-9-17-46-28)15-16-42(25)27(21-40)29(23-10-5-3-6-11-23)24-12-7-4-8-13-24/h3-8,10-13,25,27-29H,9,14-22H2,1-2H3/t25-,27+,28+/m1/s1. The highest BCUT2D eigenvalue weighted by molar-refractivity contribution is 5.81. The molecule has 3 aromatic rings. The van der Waals surface area contributed by atoms with Gasteiger partial charge in [-0.3, -0.25) is 14.6 Å². The fourth-order valence-corrected chi connectivity index (χ4v) is 7.08. The number of carbonyl (C=O) groups is 1. The number of halogens is 3. The summed E-state index contributed by atoms with van der Waals surface area (Å²) >= 11 is 0. The summed E-state index contributed by atoms with van der Waals surface area (Å²) in [5.41, 5.74) is 2.60. The second-order valence-corrected chi connectivity index (χ2v) is 12.1. The second-order valence-electron chi connectivity index (χ2n) is 12.1. The summed E-state index contributed by atoms with van der Waals surface area (Å²) in [5, 5.41) is 0. The number of ether oxygens (including phenoxy) is 4. The SMILES string of the molecule is COc1nc(OC)c(CN2C[C@@H]3CN(C(=O)[C@@H]4CCCO4)CCN3[C@H](C(c3ccccc3)c3ccccc3)C2)c(OCC(F)(F)F)n1. The Morgan fingerprint density at radius 1 is 0.936 bits per heavy atom. The Morgan fingerprint density at radius 2 is 1.62 bits per heavy atom. The van der Waals surface area contributed by atoms with Gasteiger partial charge >= 0.3 is 12.2 Å². The predicted molar refractivity (Wildman–Crippen MR) is 167 cm³/mol. The zero-order chi connectivity index (χ0) is 33.0. The number of alkyl halides is 3. The number of fused-ring (bicyclic) bond motifs is 1. The van der Waals surface area contributed by atoms with Crippen LogP contribution in [0.25, 0.3) is 0 Å². The molecule has 1 amide bonds. The average Bonchev–Trinajstić information content (AvgIpc) is 3.63. The van der Waals surface area contributed by atoms with Crippen molar-refractivity contribution >= 4 is 5.91 Å². The molecule has 4 heterocycles. The number of aromatic nitrogens is 2. The number of methoxy groups -OCH3 is 2. The second kappa shape index (κ2) is 14.4. The summed E-state index contributed by atoms with van der Waals surface area (Å²) in [6, 6.07) is 20.4. The van der Waals surface area contributed by atoms with Gasteiger partial charge in [-0.2, -0.15) is 23.1 Å². The van der Waals surface area contributed by atoms with Crippen molar-refractivity contribution in [1.29, 1.82) is 0 Å². The van der Waals surface area contributed by atoms with E-state index < -0.39 is 18.9 Å². The molecule has 0 unspecified atom stereocenters. The molecule has 0 radical (unpaired) electrons. The van der Waals surface area contributed by atoms with Gasteiger partial charge < -0.3 is 23.8 Å². The van der Waals surface area contributed by atoms with Crippen LogP contribution in [-0.4, -0.2) is 115 Å². The van der Waals surface area contributed by atoms with E-state index in [0.717, 1.165) is 24.0 Å². The Bertz CT molecular complexity index is 1450. The van der Waals surface area contributed by atoms with E-state index in [1.807, 2.05) is 41.3 Å². The molecule has 3 aliphatic rings. The Balaban J connectivity index is 1.36. The van der Waals surface area contributed by atoms with Gasteiger partial charge in [0.2, 0.25) is 11.8 Å². The zero-order valence-electron chi connectivity index (χ0n) is 26.6. The molecule has 1 aromatic heterocycles. The summed E-state index contributed by atoms with van der Waals surface area (Å²) in [6.45, 7) is 2.16. The van der Waals surface area contributed by atoms with Crippen LogP contribution in [0.15, 0.2) is 60.7 Å². The fourth-order valence-electron chi connectivity index (χ4n) is 7.08. The Kier molecular flexibility index (Phi) is 10.1. The molecule has 0 saturated carbocycles. The Hall–Kier alpha value is -3.94. The van der Waals surface area contributed by atoms with Crippen LogP contribution in [0, 0.1) is 0 Å². The van der Waals surface area contributed by atoms with Crippen LogP contribution in [0.4, 0.5) is 13.2 Å². The molecule has 6 rings (SSSR count). The molecular formula is C34H40F3N5O5. The first kappa shape index (κ1) is 33.0. The lowest BCUT2D eigenvalue weighted by Crippen LogP contribution is -2.67.